The van der Waals surface area contributed by atoms with E-state index in [2.05, 4.69) is 43.5 Å². The molecule has 0 saturated heterocycles. The molecule has 6 heteroatoms. The van der Waals surface area contributed by atoms with E-state index in [1.54, 1.807) is 13.2 Å². The second kappa shape index (κ2) is 7.33. The number of nitrogens with one attached hydrogen (secondary N) is 2. The molecule has 3 rings (SSSR count). The van der Waals surface area contributed by atoms with E-state index >= 15 is 0 Å². The van der Waals surface area contributed by atoms with Crippen LogP contribution in [0.3, 0.4) is 0 Å². The highest BCUT2D eigenvalue weighted by Crippen LogP contribution is 2.40. The fraction of sp³-hybridized carbons (Fsp3) is 0.350. The van der Waals surface area contributed by atoms with Gasteiger partial charge < -0.3 is 20.1 Å². The monoisotopic (exact) mass is 390 g/mol. The average molecular weight is 391 g/mol. The molecule has 1 aliphatic heterocycles. The molecule has 1 heterocycles. The molecule has 2 aromatic carbocycles. The number of ether oxygens (including phenoxy) is 2. The second-order valence-corrected chi connectivity index (χ2v) is 7.92. The summed E-state index contributed by atoms with van der Waals surface area (Å²) in [5.74, 6) is 1.53. The third-order valence-corrected chi connectivity index (χ3v) is 4.85. The molecule has 26 heavy (non-hydrogen) atoms. The molecule has 0 radical (unpaired) electrons. The van der Waals surface area contributed by atoms with Crippen LogP contribution >= 0.6 is 23.8 Å². The zero-order chi connectivity index (χ0) is 18.9. The summed E-state index contributed by atoms with van der Waals surface area (Å²) in [6.45, 7) is 6.25. The van der Waals surface area contributed by atoms with Crippen LogP contribution in [0, 0.1) is 6.92 Å². The first-order chi connectivity index (χ1) is 12.3. The van der Waals surface area contributed by atoms with Gasteiger partial charge in [-0.1, -0.05) is 29.3 Å². The Labute approximate surface area is 164 Å². The van der Waals surface area contributed by atoms with Gasteiger partial charge in [0.1, 0.15) is 17.1 Å². The van der Waals surface area contributed by atoms with Gasteiger partial charge in [0.05, 0.1) is 18.2 Å². The lowest BCUT2D eigenvalue weighted by atomic mass is 9.89. The van der Waals surface area contributed by atoms with Crippen molar-refractivity contribution in [2.24, 2.45) is 0 Å². The number of rotatable bonds is 3. The predicted molar refractivity (Wildman–Crippen MR) is 111 cm³/mol. The van der Waals surface area contributed by atoms with E-state index in [4.69, 9.17) is 33.3 Å². The summed E-state index contributed by atoms with van der Waals surface area (Å²) in [5.41, 5.74) is 2.86. The van der Waals surface area contributed by atoms with E-state index in [0.717, 1.165) is 23.4 Å². The third-order valence-electron chi connectivity index (χ3n) is 4.34. The predicted octanol–water partition coefficient (Wildman–Crippen LogP) is 5.25. The maximum Gasteiger partial charge on any atom is 0.171 e. The normalized spacial score (nSPS) is 17.7. The van der Waals surface area contributed by atoms with Crippen LogP contribution in [-0.2, 0) is 0 Å². The standard InChI is InChI=1S/C20H23ClN2O2S/c1-12-5-7-17-14(9-12)16(11-20(2,3)25-17)23-19(26)22-13-6-8-18(24-4)15(21)10-13/h5-10,16H,11H2,1-4H3,(H2,22,23,26). The van der Waals surface area contributed by atoms with Crippen LogP contribution in [0.25, 0.3) is 0 Å². The second-order valence-electron chi connectivity index (χ2n) is 7.11. The van der Waals surface area contributed by atoms with Crippen LogP contribution in [-0.4, -0.2) is 17.8 Å². The Hall–Kier alpha value is -1.98. The van der Waals surface area contributed by atoms with Crippen molar-refractivity contribution in [3.8, 4) is 11.5 Å². The van der Waals surface area contributed by atoms with Gasteiger partial charge in [-0.05, 0) is 57.3 Å². The number of methoxy groups -OCH3 is 1. The van der Waals surface area contributed by atoms with E-state index in [1.165, 1.54) is 5.56 Å². The Kier molecular flexibility index (Phi) is 5.30. The van der Waals surface area contributed by atoms with Gasteiger partial charge in [-0.25, -0.2) is 0 Å². The summed E-state index contributed by atoms with van der Waals surface area (Å²) in [7, 11) is 1.59. The summed E-state index contributed by atoms with van der Waals surface area (Å²) in [6.07, 6.45) is 0.814. The first-order valence-corrected chi connectivity index (χ1v) is 9.27. The highest BCUT2D eigenvalue weighted by Gasteiger charge is 2.34. The zero-order valence-corrected chi connectivity index (χ0v) is 16.9. The first kappa shape index (κ1) is 18.8. The van der Waals surface area contributed by atoms with Crippen LogP contribution in [0.5, 0.6) is 11.5 Å². The quantitative estimate of drug-likeness (QED) is 0.701. The summed E-state index contributed by atoms with van der Waals surface area (Å²) in [5, 5.41) is 7.69. The fourth-order valence-electron chi connectivity index (χ4n) is 3.17. The number of aryl methyl sites for hydroxylation is 1. The lowest BCUT2D eigenvalue weighted by molar-refractivity contribution is 0.0696. The number of thiocarbonyl (C=S) groups is 1. The van der Waals surface area contributed by atoms with Gasteiger partial charge in [0, 0.05) is 17.7 Å². The molecule has 1 unspecified atom stereocenters. The molecule has 1 aliphatic rings. The average Bonchev–Trinajstić information content (AvgIpc) is 2.55. The van der Waals surface area contributed by atoms with Gasteiger partial charge in [0.2, 0.25) is 0 Å². The number of fused-ring (bicyclic) bond motifs is 1. The van der Waals surface area contributed by atoms with Crippen molar-refractivity contribution in [3.05, 3.63) is 52.5 Å². The molecule has 2 N–H and O–H groups in total. The molecule has 4 nitrogen and oxygen atoms in total. The number of hydrogen-bond acceptors (Lipinski definition) is 3. The lowest BCUT2D eigenvalue weighted by Crippen LogP contribution is -2.42. The van der Waals surface area contributed by atoms with Crippen molar-refractivity contribution in [2.75, 3.05) is 12.4 Å². The number of anilines is 1. The molecule has 1 atom stereocenters. The van der Waals surface area contributed by atoms with E-state index < -0.39 is 0 Å². The Bertz CT molecular complexity index is 839. The minimum absolute atomic E-state index is 0.0716. The molecular weight excluding hydrogens is 368 g/mol. The van der Waals surface area contributed by atoms with E-state index in [9.17, 15) is 0 Å². The maximum atomic E-state index is 6.18. The third kappa shape index (κ3) is 4.22. The van der Waals surface area contributed by atoms with Gasteiger partial charge in [-0.15, -0.1) is 0 Å². The molecule has 2 aromatic rings. The summed E-state index contributed by atoms with van der Waals surface area (Å²) in [4.78, 5) is 0. The minimum Gasteiger partial charge on any atom is -0.495 e. The Balaban J connectivity index is 1.76. The maximum absolute atomic E-state index is 6.18. The van der Waals surface area contributed by atoms with Crippen molar-refractivity contribution in [3.63, 3.8) is 0 Å². The van der Waals surface area contributed by atoms with Gasteiger partial charge in [-0.2, -0.15) is 0 Å². The highest BCUT2D eigenvalue weighted by atomic mass is 35.5. The van der Waals surface area contributed by atoms with Crippen LogP contribution in [0.2, 0.25) is 5.02 Å². The van der Waals surface area contributed by atoms with Crippen molar-refractivity contribution >= 4 is 34.6 Å². The Morgan fingerprint density at radius 1 is 1.27 bits per heavy atom. The van der Waals surface area contributed by atoms with Crippen molar-refractivity contribution in [1.29, 1.82) is 0 Å². The Morgan fingerprint density at radius 2 is 2.04 bits per heavy atom. The number of benzene rings is 2. The topological polar surface area (TPSA) is 42.5 Å². The molecule has 0 fully saturated rings. The van der Waals surface area contributed by atoms with Crippen molar-refractivity contribution in [1.82, 2.24) is 5.32 Å². The molecule has 0 bridgehead atoms. The molecular formula is C20H23ClN2O2S. The molecule has 0 amide bonds. The molecule has 0 saturated carbocycles. The molecule has 0 aromatic heterocycles. The largest absolute Gasteiger partial charge is 0.495 e. The summed E-state index contributed by atoms with van der Waals surface area (Å²) < 4.78 is 11.3. The SMILES string of the molecule is COc1ccc(NC(=S)NC2CC(C)(C)Oc3ccc(C)cc32)cc1Cl. The molecule has 0 aliphatic carbocycles. The van der Waals surface area contributed by atoms with Crippen LogP contribution < -0.4 is 20.1 Å². The fourth-order valence-corrected chi connectivity index (χ4v) is 3.69. The van der Waals surface area contributed by atoms with Gasteiger partial charge in [0.25, 0.3) is 0 Å². The van der Waals surface area contributed by atoms with Crippen LogP contribution in [0.1, 0.15) is 37.4 Å². The summed E-state index contributed by atoms with van der Waals surface area (Å²) in [6, 6.07) is 11.8. The molecule has 0 spiro atoms. The van der Waals surface area contributed by atoms with Gasteiger partial charge in [0.15, 0.2) is 5.11 Å². The first-order valence-electron chi connectivity index (χ1n) is 8.48. The van der Waals surface area contributed by atoms with Gasteiger partial charge >= 0.3 is 0 Å². The van der Waals surface area contributed by atoms with Crippen molar-refractivity contribution in [2.45, 2.75) is 38.8 Å². The van der Waals surface area contributed by atoms with Crippen LogP contribution in [0.4, 0.5) is 5.69 Å². The van der Waals surface area contributed by atoms with Crippen LogP contribution in [0.15, 0.2) is 36.4 Å². The van der Waals surface area contributed by atoms with E-state index in [-0.39, 0.29) is 11.6 Å². The minimum atomic E-state index is -0.265. The zero-order valence-electron chi connectivity index (χ0n) is 15.4. The van der Waals surface area contributed by atoms with Gasteiger partial charge in [-0.3, -0.25) is 0 Å². The number of hydrogen-bond donors (Lipinski definition) is 2. The molecule has 138 valence electrons. The van der Waals surface area contributed by atoms with Crippen molar-refractivity contribution < 1.29 is 9.47 Å². The highest BCUT2D eigenvalue weighted by molar-refractivity contribution is 7.80. The van der Waals surface area contributed by atoms with E-state index in [1.807, 2.05) is 18.2 Å². The smallest absolute Gasteiger partial charge is 0.171 e. The number of halogens is 1. The van der Waals surface area contributed by atoms with E-state index in [0.29, 0.717) is 15.9 Å². The Morgan fingerprint density at radius 3 is 2.73 bits per heavy atom. The summed E-state index contributed by atoms with van der Waals surface area (Å²) >= 11 is 11.7. The lowest BCUT2D eigenvalue weighted by Gasteiger charge is -2.38.